The van der Waals surface area contributed by atoms with Gasteiger partial charge in [-0.25, -0.2) is 30.4 Å². The number of ether oxygens (including phenoxy) is 2. The fourth-order valence-corrected chi connectivity index (χ4v) is 8.68. The van der Waals surface area contributed by atoms with E-state index in [1.54, 1.807) is 19.1 Å². The molecule has 2 aromatic heterocycles. The Morgan fingerprint density at radius 1 is 0.837 bits per heavy atom. The van der Waals surface area contributed by atoms with Gasteiger partial charge < -0.3 is 18.6 Å². The van der Waals surface area contributed by atoms with Crippen LogP contribution in [-0.2, 0) is 38.4 Å². The number of anilines is 1. The predicted octanol–water partition coefficient (Wildman–Crippen LogP) is 5.81. The zero-order valence-electron chi connectivity index (χ0n) is 27.0. The molecule has 0 amide bonds. The van der Waals surface area contributed by atoms with Crippen molar-refractivity contribution in [2.75, 3.05) is 21.8 Å². The molecule has 11 nitrogen and oxygen atoms in total. The van der Waals surface area contributed by atoms with Crippen LogP contribution in [0.1, 0.15) is 36.8 Å². The molecule has 258 valence electrons. The van der Waals surface area contributed by atoms with Crippen LogP contribution in [0, 0.1) is 11.6 Å². The van der Waals surface area contributed by atoms with Gasteiger partial charge in [0.25, 0.3) is 5.56 Å². The van der Waals surface area contributed by atoms with Crippen LogP contribution in [0.4, 0.5) is 14.5 Å². The van der Waals surface area contributed by atoms with Crippen LogP contribution in [0.2, 0.25) is 0 Å². The van der Waals surface area contributed by atoms with Gasteiger partial charge in [0.1, 0.15) is 22.8 Å². The van der Waals surface area contributed by atoms with E-state index in [9.17, 15) is 35.2 Å². The Bertz CT molecular complexity index is 2300. The maximum atomic E-state index is 14.8. The van der Waals surface area contributed by atoms with Crippen LogP contribution in [0.25, 0.3) is 22.0 Å². The van der Waals surface area contributed by atoms with Crippen LogP contribution in [0.3, 0.4) is 0 Å². The van der Waals surface area contributed by atoms with Crippen molar-refractivity contribution in [3.63, 3.8) is 0 Å². The van der Waals surface area contributed by atoms with Crippen molar-refractivity contribution < 1.29 is 39.9 Å². The summed E-state index contributed by atoms with van der Waals surface area (Å²) >= 11 is 0. The molecule has 5 rings (SSSR count). The van der Waals surface area contributed by atoms with Gasteiger partial charge in [-0.15, -0.1) is 0 Å². The standard InChI is InChI=1S/C34H33F2N3O8S2/c1-5-46-34(41)29-19-26-27(21-37(4)33(40)32(26)38(29)20-22-11-9-8-10-12-22)25-18-24(39(48(42,43)6-2)49(44,45)7-3)14-16-30(25)47-31-15-13-23(35)17-28(31)36/h8-19,21H,5-7,20H2,1-4H3. The Kier molecular flexibility index (Phi) is 9.97. The molecule has 0 bridgehead atoms. The second-order valence-electron chi connectivity index (χ2n) is 10.9. The lowest BCUT2D eigenvalue weighted by Gasteiger charge is -2.24. The summed E-state index contributed by atoms with van der Waals surface area (Å²) in [6, 6.07) is 16.8. The van der Waals surface area contributed by atoms with Crippen molar-refractivity contribution >= 4 is 42.6 Å². The Balaban J connectivity index is 1.87. The number of fused-ring (bicyclic) bond motifs is 1. The maximum Gasteiger partial charge on any atom is 0.354 e. The number of carbonyl (C=O) groups is 1. The lowest BCUT2D eigenvalue weighted by atomic mass is 10.0. The summed E-state index contributed by atoms with van der Waals surface area (Å²) in [7, 11) is -7.32. The van der Waals surface area contributed by atoms with Gasteiger partial charge in [0.2, 0.25) is 20.0 Å². The normalized spacial score (nSPS) is 11.9. The molecule has 0 atom stereocenters. The van der Waals surface area contributed by atoms with E-state index in [0.717, 1.165) is 17.7 Å². The number of nitrogens with zero attached hydrogens (tertiary/aromatic N) is 3. The molecule has 5 aromatic rings. The minimum absolute atomic E-state index is 0.0386. The highest BCUT2D eigenvalue weighted by Gasteiger charge is 2.33. The van der Waals surface area contributed by atoms with E-state index in [1.165, 1.54) is 60.5 Å². The molecule has 0 unspecified atom stereocenters. The molecule has 0 fully saturated rings. The van der Waals surface area contributed by atoms with E-state index in [1.807, 2.05) is 18.2 Å². The molecule has 3 aromatic carbocycles. The van der Waals surface area contributed by atoms with Crippen molar-refractivity contribution in [1.82, 2.24) is 9.13 Å². The van der Waals surface area contributed by atoms with Crippen molar-refractivity contribution in [2.45, 2.75) is 27.3 Å². The highest BCUT2D eigenvalue weighted by molar-refractivity contribution is 8.10. The number of benzene rings is 3. The summed E-state index contributed by atoms with van der Waals surface area (Å²) in [6.07, 6.45) is 1.41. The zero-order chi connectivity index (χ0) is 35.7. The van der Waals surface area contributed by atoms with Gasteiger partial charge >= 0.3 is 5.97 Å². The Morgan fingerprint density at radius 2 is 1.49 bits per heavy atom. The van der Waals surface area contributed by atoms with Gasteiger partial charge in [-0.05, 0) is 62.7 Å². The fourth-order valence-electron chi connectivity index (χ4n) is 5.33. The number of hydrogen-bond acceptors (Lipinski definition) is 8. The van der Waals surface area contributed by atoms with Gasteiger partial charge in [-0.1, -0.05) is 30.3 Å². The number of esters is 1. The third-order valence-electron chi connectivity index (χ3n) is 7.71. The van der Waals surface area contributed by atoms with Crippen LogP contribution < -0.4 is 14.0 Å². The molecule has 0 aliphatic carbocycles. The molecule has 0 N–H and O–H groups in total. The lowest BCUT2D eigenvalue weighted by molar-refractivity contribution is 0.0515. The van der Waals surface area contributed by atoms with Gasteiger partial charge in [0.15, 0.2) is 11.6 Å². The smallest absolute Gasteiger partial charge is 0.354 e. The summed E-state index contributed by atoms with van der Waals surface area (Å²) in [5.41, 5.74) is 0.362. The van der Waals surface area contributed by atoms with E-state index in [0.29, 0.717) is 9.78 Å². The monoisotopic (exact) mass is 713 g/mol. The second kappa shape index (κ2) is 13.8. The third kappa shape index (κ3) is 6.94. The Morgan fingerprint density at radius 3 is 2.10 bits per heavy atom. The molecular formula is C34H33F2N3O8S2. The summed E-state index contributed by atoms with van der Waals surface area (Å²) in [5.74, 6) is -4.17. The molecule has 49 heavy (non-hydrogen) atoms. The predicted molar refractivity (Wildman–Crippen MR) is 182 cm³/mol. The summed E-state index contributed by atoms with van der Waals surface area (Å²) in [6.45, 7) is 4.38. The molecule has 0 saturated carbocycles. The van der Waals surface area contributed by atoms with Gasteiger partial charge in [0, 0.05) is 42.4 Å². The summed E-state index contributed by atoms with van der Waals surface area (Å²) in [4.78, 5) is 27.1. The summed E-state index contributed by atoms with van der Waals surface area (Å²) < 4.78 is 95.7. The number of pyridine rings is 1. The van der Waals surface area contributed by atoms with E-state index in [4.69, 9.17) is 9.47 Å². The first-order valence-electron chi connectivity index (χ1n) is 15.2. The number of halogens is 2. The van der Waals surface area contributed by atoms with Crippen LogP contribution in [0.15, 0.2) is 83.8 Å². The third-order valence-corrected chi connectivity index (χ3v) is 12.0. The Hall–Kier alpha value is -5.02. The van der Waals surface area contributed by atoms with Crippen molar-refractivity contribution in [3.8, 4) is 22.6 Å². The highest BCUT2D eigenvalue weighted by atomic mass is 32.3. The van der Waals surface area contributed by atoms with Crippen molar-refractivity contribution in [2.24, 2.45) is 7.05 Å². The van der Waals surface area contributed by atoms with E-state index in [-0.39, 0.29) is 58.1 Å². The number of rotatable bonds is 12. The topological polar surface area (TPSA) is 134 Å². The molecule has 0 aliphatic rings. The first-order chi connectivity index (χ1) is 23.2. The molecule has 15 heteroatoms. The number of hydrogen-bond donors (Lipinski definition) is 0. The zero-order valence-corrected chi connectivity index (χ0v) is 28.6. The average molecular weight is 714 g/mol. The minimum Gasteiger partial charge on any atom is -0.461 e. The van der Waals surface area contributed by atoms with Crippen molar-refractivity contribution in [1.29, 1.82) is 0 Å². The quantitative estimate of drug-likeness (QED) is 0.148. The largest absolute Gasteiger partial charge is 0.461 e. The second-order valence-corrected chi connectivity index (χ2v) is 15.3. The molecule has 0 radical (unpaired) electrons. The molecule has 0 aliphatic heterocycles. The number of carbonyl (C=O) groups excluding carboxylic acids is 1. The molecule has 0 spiro atoms. The Labute approximate surface area is 282 Å². The van der Waals surface area contributed by atoms with E-state index >= 15 is 0 Å². The first-order valence-corrected chi connectivity index (χ1v) is 18.4. The SMILES string of the molecule is CCOC(=O)c1cc2c(-c3cc(N(S(=O)(=O)CC)S(=O)(=O)CC)ccc3Oc3ccc(F)cc3F)cn(C)c(=O)c2n1Cc1ccccc1. The van der Waals surface area contributed by atoms with Gasteiger partial charge in [-0.3, -0.25) is 4.79 Å². The minimum atomic E-state index is -4.40. The molecule has 2 heterocycles. The van der Waals surface area contributed by atoms with E-state index < -0.39 is 54.7 Å². The van der Waals surface area contributed by atoms with Gasteiger partial charge in [-0.2, -0.15) is 3.71 Å². The fraction of sp³-hybridized carbons (Fsp3) is 0.235. The molecular weight excluding hydrogens is 681 g/mol. The van der Waals surface area contributed by atoms with Crippen LogP contribution in [0.5, 0.6) is 11.5 Å². The van der Waals surface area contributed by atoms with Gasteiger partial charge in [0.05, 0.1) is 23.8 Å². The van der Waals surface area contributed by atoms with E-state index in [2.05, 4.69) is 0 Å². The average Bonchev–Trinajstić information content (AvgIpc) is 3.44. The first kappa shape index (κ1) is 35.3. The maximum absolute atomic E-state index is 14.8. The van der Waals surface area contributed by atoms with Crippen LogP contribution in [-0.4, -0.2) is 50.1 Å². The molecule has 0 saturated heterocycles. The lowest BCUT2D eigenvalue weighted by Crippen LogP contribution is -2.39. The highest BCUT2D eigenvalue weighted by Crippen LogP contribution is 2.41. The number of aryl methyl sites for hydroxylation is 1. The van der Waals surface area contributed by atoms with Crippen LogP contribution >= 0.6 is 0 Å². The number of aromatic nitrogens is 2. The number of sulfonamides is 2. The van der Waals surface area contributed by atoms with Crippen molar-refractivity contribution in [3.05, 3.63) is 112 Å². The summed E-state index contributed by atoms with van der Waals surface area (Å²) in [5, 5.41) is 0.215.